The van der Waals surface area contributed by atoms with Crippen LogP contribution in [0.15, 0.2) is 36.4 Å². The smallest absolute Gasteiger partial charge is 0.163 e. The van der Waals surface area contributed by atoms with Gasteiger partial charge in [0.05, 0.1) is 11.3 Å². The third-order valence-electron chi connectivity index (χ3n) is 2.84. The number of carbonyl (C=O) groups excluding carboxylic acids is 1. The molecule has 0 saturated carbocycles. The summed E-state index contributed by atoms with van der Waals surface area (Å²) in [6.45, 7) is 5.81. The highest BCUT2D eigenvalue weighted by atomic mass is 16.5. The molecule has 0 fully saturated rings. The summed E-state index contributed by atoms with van der Waals surface area (Å²) >= 11 is 0. The fourth-order valence-corrected chi connectivity index (χ4v) is 1.88. The molecule has 3 nitrogen and oxygen atoms in total. The Morgan fingerprint density at radius 1 is 1.21 bits per heavy atom. The first-order valence-electron chi connectivity index (χ1n) is 6.23. The zero-order valence-corrected chi connectivity index (χ0v) is 11.4. The van der Waals surface area contributed by atoms with Crippen molar-refractivity contribution < 1.29 is 9.53 Å². The summed E-state index contributed by atoms with van der Waals surface area (Å²) in [6, 6.07) is 11.4. The third kappa shape index (κ3) is 3.41. The third-order valence-corrected chi connectivity index (χ3v) is 2.84. The molecule has 1 aromatic carbocycles. The minimum Gasteiger partial charge on any atom is -0.487 e. The maximum absolute atomic E-state index is 11.6. The zero-order chi connectivity index (χ0) is 13.8. The van der Waals surface area contributed by atoms with Gasteiger partial charge in [-0.25, -0.2) is 0 Å². The van der Waals surface area contributed by atoms with E-state index < -0.39 is 0 Å². The van der Waals surface area contributed by atoms with Gasteiger partial charge in [0.15, 0.2) is 5.78 Å². The van der Waals surface area contributed by atoms with Crippen LogP contribution in [0.3, 0.4) is 0 Å². The summed E-state index contributed by atoms with van der Waals surface area (Å²) in [5, 5.41) is 0. The number of ketones is 1. The summed E-state index contributed by atoms with van der Waals surface area (Å²) in [5.41, 5.74) is 3.48. The Kier molecular flexibility index (Phi) is 3.95. The van der Waals surface area contributed by atoms with Crippen molar-refractivity contribution in [1.82, 2.24) is 4.98 Å². The second-order valence-corrected chi connectivity index (χ2v) is 4.61. The number of benzene rings is 1. The van der Waals surface area contributed by atoms with Crippen molar-refractivity contribution in [2.75, 3.05) is 0 Å². The minimum absolute atomic E-state index is 0.0101. The number of rotatable bonds is 4. The van der Waals surface area contributed by atoms with E-state index in [2.05, 4.69) is 4.98 Å². The summed E-state index contributed by atoms with van der Waals surface area (Å²) in [7, 11) is 0. The number of nitrogens with zero attached hydrogens (tertiary/aromatic N) is 1. The first-order chi connectivity index (χ1) is 9.06. The number of Topliss-reactive ketones (excluding diaryl/α,β-unsaturated/α-hetero) is 1. The highest BCUT2D eigenvalue weighted by Gasteiger charge is 2.09. The monoisotopic (exact) mass is 255 g/mol. The quantitative estimate of drug-likeness (QED) is 0.785. The maximum Gasteiger partial charge on any atom is 0.163 e. The summed E-state index contributed by atoms with van der Waals surface area (Å²) in [5.74, 6) is 0.623. The van der Waals surface area contributed by atoms with Gasteiger partial charge in [0, 0.05) is 5.69 Å². The number of hydrogen-bond donors (Lipinski definition) is 0. The van der Waals surface area contributed by atoms with Crippen molar-refractivity contribution in [3.8, 4) is 5.75 Å². The average Bonchev–Trinajstić information content (AvgIpc) is 2.37. The van der Waals surface area contributed by atoms with Crippen LogP contribution in [0, 0.1) is 13.8 Å². The first-order valence-corrected chi connectivity index (χ1v) is 6.23. The minimum atomic E-state index is 0.0101. The highest BCUT2D eigenvalue weighted by molar-refractivity contribution is 5.97. The second kappa shape index (κ2) is 5.65. The van der Waals surface area contributed by atoms with Crippen LogP contribution in [0.2, 0.25) is 0 Å². The van der Waals surface area contributed by atoms with Crippen molar-refractivity contribution >= 4 is 5.78 Å². The number of aryl methyl sites for hydroxylation is 2. The molecule has 0 amide bonds. The van der Waals surface area contributed by atoms with E-state index in [1.54, 1.807) is 6.92 Å². The molecular formula is C16H17NO2. The predicted molar refractivity (Wildman–Crippen MR) is 74.5 cm³/mol. The lowest BCUT2D eigenvalue weighted by molar-refractivity contribution is 0.101. The first kappa shape index (κ1) is 13.3. The van der Waals surface area contributed by atoms with Crippen molar-refractivity contribution in [2.45, 2.75) is 27.4 Å². The summed E-state index contributed by atoms with van der Waals surface area (Å²) in [6.07, 6.45) is 0. The molecule has 2 rings (SSSR count). The summed E-state index contributed by atoms with van der Waals surface area (Å²) in [4.78, 5) is 16.0. The average molecular weight is 255 g/mol. The van der Waals surface area contributed by atoms with Gasteiger partial charge in [0.1, 0.15) is 12.4 Å². The van der Waals surface area contributed by atoms with Gasteiger partial charge in [-0.1, -0.05) is 17.7 Å². The largest absolute Gasteiger partial charge is 0.487 e. The second-order valence-electron chi connectivity index (χ2n) is 4.61. The Labute approximate surface area is 113 Å². The molecule has 0 spiro atoms. The Balaban J connectivity index is 2.17. The van der Waals surface area contributed by atoms with Crippen LogP contribution in [0.5, 0.6) is 5.75 Å². The Morgan fingerprint density at radius 3 is 2.68 bits per heavy atom. The molecule has 0 aliphatic carbocycles. The Bertz CT molecular complexity index is 605. The molecule has 0 aliphatic heterocycles. The van der Waals surface area contributed by atoms with Crippen LogP contribution in [0.1, 0.15) is 34.2 Å². The highest BCUT2D eigenvalue weighted by Crippen LogP contribution is 2.21. The standard InChI is InChI=1S/C16H17NO2/c1-11-7-8-16(15(9-11)13(3)18)19-10-14-6-4-5-12(2)17-14/h4-9H,10H2,1-3H3. The lowest BCUT2D eigenvalue weighted by atomic mass is 10.1. The molecule has 0 unspecified atom stereocenters. The normalized spacial score (nSPS) is 10.3. The van der Waals surface area contributed by atoms with Crippen LogP contribution < -0.4 is 4.74 Å². The molecule has 0 N–H and O–H groups in total. The van der Waals surface area contributed by atoms with Gasteiger partial charge in [-0.2, -0.15) is 0 Å². The van der Waals surface area contributed by atoms with E-state index in [-0.39, 0.29) is 5.78 Å². The fourth-order valence-electron chi connectivity index (χ4n) is 1.88. The molecule has 19 heavy (non-hydrogen) atoms. The lowest BCUT2D eigenvalue weighted by Crippen LogP contribution is -2.03. The molecule has 1 aromatic heterocycles. The molecule has 0 radical (unpaired) electrons. The van der Waals surface area contributed by atoms with Crippen molar-refractivity contribution in [3.05, 3.63) is 58.9 Å². The summed E-state index contributed by atoms with van der Waals surface area (Å²) < 4.78 is 5.71. The molecular weight excluding hydrogens is 238 g/mol. The van der Waals surface area contributed by atoms with E-state index in [1.165, 1.54) is 0 Å². The van der Waals surface area contributed by atoms with Gasteiger partial charge in [0.25, 0.3) is 0 Å². The number of aromatic nitrogens is 1. The van der Waals surface area contributed by atoms with E-state index in [0.717, 1.165) is 17.0 Å². The van der Waals surface area contributed by atoms with E-state index in [9.17, 15) is 4.79 Å². The molecule has 0 atom stereocenters. The molecule has 0 saturated heterocycles. The van der Waals surface area contributed by atoms with Crippen LogP contribution in [-0.4, -0.2) is 10.8 Å². The maximum atomic E-state index is 11.6. The fraction of sp³-hybridized carbons (Fsp3) is 0.250. The Morgan fingerprint density at radius 2 is 2.00 bits per heavy atom. The predicted octanol–water partition coefficient (Wildman–Crippen LogP) is 3.48. The van der Waals surface area contributed by atoms with Crippen molar-refractivity contribution in [3.63, 3.8) is 0 Å². The van der Waals surface area contributed by atoms with Crippen LogP contribution in [-0.2, 0) is 6.61 Å². The molecule has 2 aromatic rings. The molecule has 3 heteroatoms. The van der Waals surface area contributed by atoms with Gasteiger partial charge in [-0.15, -0.1) is 0 Å². The van der Waals surface area contributed by atoms with Crippen molar-refractivity contribution in [2.24, 2.45) is 0 Å². The molecule has 0 aliphatic rings. The number of pyridine rings is 1. The SMILES string of the molecule is CC(=O)c1cc(C)ccc1OCc1cccc(C)n1. The van der Waals surface area contributed by atoms with Crippen LogP contribution in [0.4, 0.5) is 0 Å². The van der Waals surface area contributed by atoms with Gasteiger partial charge in [-0.3, -0.25) is 9.78 Å². The van der Waals surface area contributed by atoms with Crippen molar-refractivity contribution in [1.29, 1.82) is 0 Å². The molecule has 1 heterocycles. The van der Waals surface area contributed by atoms with Gasteiger partial charge < -0.3 is 4.74 Å². The number of carbonyl (C=O) groups is 1. The van der Waals surface area contributed by atoms with Gasteiger partial charge >= 0.3 is 0 Å². The van der Waals surface area contributed by atoms with E-state index in [1.807, 2.05) is 50.2 Å². The lowest BCUT2D eigenvalue weighted by Gasteiger charge is -2.10. The zero-order valence-electron chi connectivity index (χ0n) is 11.4. The molecule has 0 bridgehead atoms. The van der Waals surface area contributed by atoms with E-state index >= 15 is 0 Å². The van der Waals surface area contributed by atoms with E-state index in [0.29, 0.717) is 17.9 Å². The van der Waals surface area contributed by atoms with Gasteiger partial charge in [0.2, 0.25) is 0 Å². The molecule has 98 valence electrons. The Hall–Kier alpha value is -2.16. The van der Waals surface area contributed by atoms with Gasteiger partial charge in [-0.05, 0) is 45.0 Å². The van der Waals surface area contributed by atoms with Crippen LogP contribution >= 0.6 is 0 Å². The van der Waals surface area contributed by atoms with E-state index in [4.69, 9.17) is 4.74 Å². The number of ether oxygens (including phenoxy) is 1. The van der Waals surface area contributed by atoms with Crippen LogP contribution in [0.25, 0.3) is 0 Å². The number of hydrogen-bond acceptors (Lipinski definition) is 3. The topological polar surface area (TPSA) is 39.2 Å².